The van der Waals surface area contributed by atoms with Crippen LogP contribution in [0.3, 0.4) is 0 Å². The van der Waals surface area contributed by atoms with E-state index in [0.717, 1.165) is 25.1 Å². The topological polar surface area (TPSA) is 32.7 Å². The highest BCUT2D eigenvalue weighted by Crippen LogP contribution is 2.33. The van der Waals surface area contributed by atoms with Crippen molar-refractivity contribution in [3.8, 4) is 5.75 Å². The van der Waals surface area contributed by atoms with Gasteiger partial charge in [0.15, 0.2) is 0 Å². The molecule has 0 unspecified atom stereocenters. The molecule has 2 rings (SSSR count). The molecule has 0 bridgehead atoms. The molecule has 1 fully saturated rings. The quantitative estimate of drug-likeness (QED) is 0.918. The second-order valence-electron chi connectivity index (χ2n) is 6.50. The van der Waals surface area contributed by atoms with Gasteiger partial charge in [0.25, 0.3) is 0 Å². The molecular formula is C17H27NO2. The summed E-state index contributed by atoms with van der Waals surface area (Å²) in [5.41, 5.74) is 0.685. The first-order valence-electron chi connectivity index (χ1n) is 7.47. The van der Waals surface area contributed by atoms with Gasteiger partial charge < -0.3 is 14.7 Å². The first kappa shape index (κ1) is 15.3. The molecule has 3 heteroatoms. The van der Waals surface area contributed by atoms with Crippen LogP contribution in [0.15, 0.2) is 24.3 Å². The monoisotopic (exact) mass is 277 g/mol. The summed E-state index contributed by atoms with van der Waals surface area (Å²) < 4.78 is 5.21. The van der Waals surface area contributed by atoms with Crippen molar-refractivity contribution in [1.82, 2.24) is 4.90 Å². The fourth-order valence-corrected chi connectivity index (χ4v) is 3.35. The zero-order valence-corrected chi connectivity index (χ0v) is 13.1. The molecule has 1 saturated heterocycles. The van der Waals surface area contributed by atoms with E-state index in [2.05, 4.69) is 24.1 Å². The Kier molecular flexibility index (Phi) is 4.71. The zero-order valence-electron chi connectivity index (χ0n) is 13.1. The zero-order chi connectivity index (χ0) is 14.8. The lowest BCUT2D eigenvalue weighted by molar-refractivity contribution is -0.0447. The highest BCUT2D eigenvalue weighted by atomic mass is 16.5. The predicted molar refractivity (Wildman–Crippen MR) is 82.1 cm³/mol. The Hall–Kier alpha value is -1.06. The first-order chi connectivity index (χ1) is 9.41. The molecule has 1 aliphatic rings. The third-order valence-corrected chi connectivity index (χ3v) is 4.57. The van der Waals surface area contributed by atoms with E-state index in [4.69, 9.17) is 4.74 Å². The molecule has 3 nitrogen and oxygen atoms in total. The van der Waals surface area contributed by atoms with Crippen molar-refractivity contribution in [3.05, 3.63) is 29.8 Å². The van der Waals surface area contributed by atoms with Crippen LogP contribution in [0.5, 0.6) is 5.75 Å². The summed E-state index contributed by atoms with van der Waals surface area (Å²) >= 11 is 0. The molecule has 1 aromatic carbocycles. The van der Waals surface area contributed by atoms with E-state index < -0.39 is 5.60 Å². The second-order valence-corrected chi connectivity index (χ2v) is 6.50. The van der Waals surface area contributed by atoms with Crippen LogP contribution >= 0.6 is 0 Å². The van der Waals surface area contributed by atoms with Crippen LogP contribution in [0.2, 0.25) is 0 Å². The molecule has 0 spiro atoms. The number of benzene rings is 1. The minimum absolute atomic E-state index is 0.323. The van der Waals surface area contributed by atoms with Crippen molar-refractivity contribution < 1.29 is 9.84 Å². The maximum atomic E-state index is 10.4. The first-order valence-corrected chi connectivity index (χ1v) is 7.47. The normalized spacial score (nSPS) is 24.6. The SMILES string of the molecule is COc1ccc(C[C@@H]2[C@@H](C(C)(C)O)CCCN2C)cc1. The van der Waals surface area contributed by atoms with Crippen molar-refractivity contribution >= 4 is 0 Å². The summed E-state index contributed by atoms with van der Waals surface area (Å²) in [4.78, 5) is 2.40. The number of hydrogen-bond donors (Lipinski definition) is 1. The largest absolute Gasteiger partial charge is 0.497 e. The third-order valence-electron chi connectivity index (χ3n) is 4.57. The Morgan fingerprint density at radius 1 is 1.30 bits per heavy atom. The van der Waals surface area contributed by atoms with Gasteiger partial charge in [0.1, 0.15) is 5.75 Å². The van der Waals surface area contributed by atoms with Crippen molar-refractivity contribution in [2.75, 3.05) is 20.7 Å². The fourth-order valence-electron chi connectivity index (χ4n) is 3.35. The molecule has 1 aliphatic heterocycles. The van der Waals surface area contributed by atoms with Crippen LogP contribution < -0.4 is 4.74 Å². The van der Waals surface area contributed by atoms with Crippen molar-refractivity contribution in [1.29, 1.82) is 0 Å². The van der Waals surface area contributed by atoms with Gasteiger partial charge in [-0.1, -0.05) is 12.1 Å². The third kappa shape index (κ3) is 3.53. The number of rotatable bonds is 4. The van der Waals surface area contributed by atoms with Crippen LogP contribution in [-0.4, -0.2) is 42.4 Å². The smallest absolute Gasteiger partial charge is 0.118 e. The number of likely N-dealkylation sites (tertiary alicyclic amines) is 1. The number of methoxy groups -OCH3 is 1. The number of hydrogen-bond acceptors (Lipinski definition) is 3. The summed E-state index contributed by atoms with van der Waals surface area (Å²) in [6, 6.07) is 8.68. The summed E-state index contributed by atoms with van der Waals surface area (Å²) in [7, 11) is 3.86. The van der Waals surface area contributed by atoms with E-state index in [0.29, 0.717) is 12.0 Å². The van der Waals surface area contributed by atoms with Gasteiger partial charge in [-0.25, -0.2) is 0 Å². The maximum absolute atomic E-state index is 10.4. The molecule has 1 aromatic rings. The Morgan fingerprint density at radius 2 is 1.95 bits per heavy atom. The van der Waals surface area contributed by atoms with Gasteiger partial charge in [-0.15, -0.1) is 0 Å². The fraction of sp³-hybridized carbons (Fsp3) is 0.647. The molecule has 1 heterocycles. The van der Waals surface area contributed by atoms with Crippen molar-refractivity contribution in [2.24, 2.45) is 5.92 Å². The number of likely N-dealkylation sites (N-methyl/N-ethyl adjacent to an activating group) is 1. The van der Waals surface area contributed by atoms with Gasteiger partial charge in [0, 0.05) is 12.0 Å². The van der Waals surface area contributed by atoms with Crippen LogP contribution in [0.25, 0.3) is 0 Å². The number of nitrogens with zero attached hydrogens (tertiary/aromatic N) is 1. The van der Waals surface area contributed by atoms with E-state index in [9.17, 15) is 5.11 Å². The van der Waals surface area contributed by atoms with Crippen molar-refractivity contribution in [3.63, 3.8) is 0 Å². The van der Waals surface area contributed by atoms with Crippen LogP contribution in [0.4, 0.5) is 0 Å². The molecular weight excluding hydrogens is 250 g/mol. The molecule has 112 valence electrons. The number of ether oxygens (including phenoxy) is 1. The van der Waals surface area contributed by atoms with E-state index in [-0.39, 0.29) is 0 Å². The Morgan fingerprint density at radius 3 is 2.50 bits per heavy atom. The second kappa shape index (κ2) is 6.15. The lowest BCUT2D eigenvalue weighted by atomic mass is 9.76. The summed E-state index contributed by atoms with van der Waals surface area (Å²) in [6.45, 7) is 5.00. The summed E-state index contributed by atoms with van der Waals surface area (Å²) in [6.07, 6.45) is 3.26. The van der Waals surface area contributed by atoms with Gasteiger partial charge in [-0.3, -0.25) is 0 Å². The average molecular weight is 277 g/mol. The molecule has 0 saturated carbocycles. The van der Waals surface area contributed by atoms with Crippen LogP contribution in [0.1, 0.15) is 32.3 Å². The van der Waals surface area contributed by atoms with Crippen molar-refractivity contribution in [2.45, 2.75) is 44.8 Å². The van der Waals surface area contributed by atoms with E-state index in [1.807, 2.05) is 26.0 Å². The Labute approximate surface area is 122 Å². The van der Waals surface area contributed by atoms with Gasteiger partial charge in [0.05, 0.1) is 12.7 Å². The molecule has 0 aliphatic carbocycles. The lowest BCUT2D eigenvalue weighted by Gasteiger charge is -2.44. The molecule has 2 atom stereocenters. The van der Waals surface area contributed by atoms with Gasteiger partial charge >= 0.3 is 0 Å². The molecule has 1 N–H and O–H groups in total. The Balaban J connectivity index is 2.14. The highest BCUT2D eigenvalue weighted by Gasteiger charge is 2.38. The summed E-state index contributed by atoms with van der Waals surface area (Å²) in [5.74, 6) is 1.22. The molecule has 20 heavy (non-hydrogen) atoms. The molecule has 0 aromatic heterocycles. The number of piperidine rings is 1. The van der Waals surface area contributed by atoms with Gasteiger partial charge in [-0.05, 0) is 64.4 Å². The minimum Gasteiger partial charge on any atom is -0.497 e. The minimum atomic E-state index is -0.619. The summed E-state index contributed by atoms with van der Waals surface area (Å²) in [5, 5.41) is 10.4. The average Bonchev–Trinajstić information content (AvgIpc) is 2.40. The molecule has 0 radical (unpaired) electrons. The predicted octanol–water partition coefficient (Wildman–Crippen LogP) is 2.72. The van der Waals surface area contributed by atoms with Crippen LogP contribution in [-0.2, 0) is 6.42 Å². The molecule has 0 amide bonds. The highest BCUT2D eigenvalue weighted by molar-refractivity contribution is 5.28. The number of aliphatic hydroxyl groups is 1. The van der Waals surface area contributed by atoms with E-state index >= 15 is 0 Å². The van der Waals surface area contributed by atoms with E-state index in [1.165, 1.54) is 12.0 Å². The standard InChI is InChI=1S/C17H27NO2/c1-17(2,19)15-6-5-11-18(3)16(15)12-13-7-9-14(20-4)10-8-13/h7-10,15-16,19H,5-6,11-12H2,1-4H3/t15-,16+/m0/s1. The van der Waals surface area contributed by atoms with Crippen LogP contribution in [0, 0.1) is 5.92 Å². The van der Waals surface area contributed by atoms with Gasteiger partial charge in [0.2, 0.25) is 0 Å². The Bertz CT molecular complexity index is 422. The van der Waals surface area contributed by atoms with Gasteiger partial charge in [-0.2, -0.15) is 0 Å². The van der Waals surface area contributed by atoms with E-state index in [1.54, 1.807) is 7.11 Å². The lowest BCUT2D eigenvalue weighted by Crippen LogP contribution is -2.51. The maximum Gasteiger partial charge on any atom is 0.118 e.